The molecule has 0 aliphatic heterocycles. The van der Waals surface area contributed by atoms with Crippen LogP contribution in [0, 0.1) is 0 Å². The average molecular weight is 218 g/mol. The molecule has 4 heteroatoms. The molecule has 0 saturated carbocycles. The van der Waals surface area contributed by atoms with Crippen molar-refractivity contribution < 1.29 is 19.1 Å². The molecule has 0 amide bonds. The molecule has 0 radical (unpaired) electrons. The minimum absolute atomic E-state index is 0.0231. The van der Waals surface area contributed by atoms with Crippen LogP contribution in [0.1, 0.15) is 20.9 Å². The number of aldehydes is 1. The zero-order chi connectivity index (χ0) is 11.8. The number of carboxylic acid groups (broad SMARTS) is 1. The molecule has 1 N–H and O–H groups in total. The summed E-state index contributed by atoms with van der Waals surface area (Å²) in [5.74, 6) is -1.06. The first-order chi connectivity index (χ1) is 7.74. The van der Waals surface area contributed by atoms with Gasteiger partial charge in [0, 0.05) is 5.56 Å². The number of hydrogen-bond donors (Lipinski definition) is 1. The second-order valence-corrected chi connectivity index (χ2v) is 2.81. The highest BCUT2D eigenvalue weighted by Crippen LogP contribution is 1.97. The van der Waals surface area contributed by atoms with Crippen LogP contribution in [0.4, 0.5) is 0 Å². The summed E-state index contributed by atoms with van der Waals surface area (Å²) in [6.45, 7) is 0. The van der Waals surface area contributed by atoms with Gasteiger partial charge >= 0.3 is 5.97 Å². The largest absolute Gasteiger partial charge is 0.475 e. The van der Waals surface area contributed by atoms with E-state index in [9.17, 15) is 9.59 Å². The maximum Gasteiger partial charge on any atom is 0.371 e. The minimum Gasteiger partial charge on any atom is -0.475 e. The van der Waals surface area contributed by atoms with E-state index in [4.69, 9.17) is 5.11 Å². The molecule has 16 heavy (non-hydrogen) atoms. The monoisotopic (exact) mass is 218 g/mol. The molecule has 4 nitrogen and oxygen atoms in total. The van der Waals surface area contributed by atoms with E-state index in [-0.39, 0.29) is 5.76 Å². The third-order valence-electron chi connectivity index (χ3n) is 1.67. The van der Waals surface area contributed by atoms with Gasteiger partial charge in [-0.2, -0.15) is 0 Å². The summed E-state index contributed by atoms with van der Waals surface area (Å²) in [6.07, 6.45) is 2.16. The van der Waals surface area contributed by atoms with Crippen LogP contribution < -0.4 is 0 Å². The van der Waals surface area contributed by atoms with E-state index in [1.54, 1.807) is 12.1 Å². The first-order valence-electron chi connectivity index (χ1n) is 4.51. The molecule has 82 valence electrons. The SMILES string of the molecule is O=C(O)c1ccco1.O=Cc1ccccc1. The lowest BCUT2D eigenvalue weighted by atomic mass is 10.2. The molecular formula is C12H10O4. The Morgan fingerprint density at radius 3 is 2.12 bits per heavy atom. The Balaban J connectivity index is 0.000000160. The summed E-state index contributed by atoms with van der Waals surface area (Å²) in [5, 5.41) is 8.18. The number of carboxylic acids is 1. The van der Waals surface area contributed by atoms with Crippen LogP contribution in [-0.4, -0.2) is 17.4 Å². The molecule has 0 aliphatic carbocycles. The molecule has 1 aromatic carbocycles. The van der Waals surface area contributed by atoms with Gasteiger partial charge in [0.15, 0.2) is 0 Å². The van der Waals surface area contributed by atoms with Gasteiger partial charge in [0.1, 0.15) is 6.29 Å². The second-order valence-electron chi connectivity index (χ2n) is 2.81. The molecule has 2 rings (SSSR count). The van der Waals surface area contributed by atoms with Gasteiger partial charge in [-0.25, -0.2) is 4.79 Å². The number of carbonyl (C=O) groups is 2. The Bertz CT molecular complexity index is 431. The molecule has 2 aromatic rings. The standard InChI is InChI=1S/C7H6O.C5H4O3/c8-6-7-4-2-1-3-5-7;6-5(7)4-2-1-3-8-4/h1-6H;1-3H,(H,6,7). The van der Waals surface area contributed by atoms with Crippen LogP contribution in [0.2, 0.25) is 0 Å². The van der Waals surface area contributed by atoms with Crippen LogP contribution in [0.15, 0.2) is 53.1 Å². The molecule has 0 spiro atoms. The molecule has 1 aromatic heterocycles. The van der Waals surface area contributed by atoms with E-state index in [1.165, 1.54) is 18.4 Å². The van der Waals surface area contributed by atoms with Crippen molar-refractivity contribution in [3.8, 4) is 0 Å². The highest BCUT2D eigenvalue weighted by atomic mass is 16.4. The van der Waals surface area contributed by atoms with Crippen LogP contribution in [0.3, 0.4) is 0 Å². The predicted octanol–water partition coefficient (Wildman–Crippen LogP) is 2.48. The van der Waals surface area contributed by atoms with E-state index in [0.717, 1.165) is 11.8 Å². The van der Waals surface area contributed by atoms with Gasteiger partial charge in [0.2, 0.25) is 5.76 Å². The number of benzene rings is 1. The molecule has 0 unspecified atom stereocenters. The Morgan fingerprint density at radius 1 is 1.12 bits per heavy atom. The van der Waals surface area contributed by atoms with Gasteiger partial charge in [0.25, 0.3) is 0 Å². The van der Waals surface area contributed by atoms with E-state index in [0.29, 0.717) is 0 Å². The zero-order valence-electron chi connectivity index (χ0n) is 8.37. The molecule has 1 heterocycles. The fourth-order valence-corrected chi connectivity index (χ4v) is 0.932. The topological polar surface area (TPSA) is 67.5 Å². The van der Waals surface area contributed by atoms with Crippen LogP contribution in [0.25, 0.3) is 0 Å². The maximum atomic E-state index is 10.0. The van der Waals surface area contributed by atoms with Crippen molar-refractivity contribution >= 4 is 12.3 Å². The summed E-state index contributed by atoms with van der Waals surface area (Å²) in [6, 6.07) is 12.0. The maximum absolute atomic E-state index is 10.0. The number of rotatable bonds is 2. The first kappa shape index (κ1) is 11.7. The van der Waals surface area contributed by atoms with Gasteiger partial charge in [-0.3, -0.25) is 4.79 Å². The molecule has 0 bridgehead atoms. The quantitative estimate of drug-likeness (QED) is 0.786. The number of furan rings is 1. The molecule has 0 atom stereocenters. The van der Waals surface area contributed by atoms with Crippen LogP contribution >= 0.6 is 0 Å². The van der Waals surface area contributed by atoms with Crippen molar-refractivity contribution in [1.82, 2.24) is 0 Å². The Morgan fingerprint density at radius 2 is 1.81 bits per heavy atom. The lowest BCUT2D eigenvalue weighted by Gasteiger charge is -1.81. The van der Waals surface area contributed by atoms with Crippen molar-refractivity contribution in [2.24, 2.45) is 0 Å². The van der Waals surface area contributed by atoms with Crippen molar-refractivity contribution in [2.75, 3.05) is 0 Å². The lowest BCUT2D eigenvalue weighted by molar-refractivity contribution is 0.0662. The lowest BCUT2D eigenvalue weighted by Crippen LogP contribution is -1.90. The van der Waals surface area contributed by atoms with Crippen molar-refractivity contribution in [3.63, 3.8) is 0 Å². The highest BCUT2D eigenvalue weighted by Gasteiger charge is 2.01. The Labute approximate surface area is 92.1 Å². The molecule has 0 saturated heterocycles. The Kier molecular flexibility index (Phi) is 4.53. The fourth-order valence-electron chi connectivity index (χ4n) is 0.932. The fraction of sp³-hybridized carbons (Fsp3) is 0. The van der Waals surface area contributed by atoms with Crippen LogP contribution in [-0.2, 0) is 0 Å². The predicted molar refractivity (Wildman–Crippen MR) is 57.5 cm³/mol. The zero-order valence-corrected chi connectivity index (χ0v) is 8.37. The second kappa shape index (κ2) is 6.19. The number of carbonyl (C=O) groups excluding carboxylic acids is 1. The van der Waals surface area contributed by atoms with Crippen LogP contribution in [0.5, 0.6) is 0 Å². The summed E-state index contributed by atoms with van der Waals surface area (Å²) in [7, 11) is 0. The van der Waals surface area contributed by atoms with Crippen molar-refractivity contribution in [1.29, 1.82) is 0 Å². The minimum atomic E-state index is -1.03. The Hall–Kier alpha value is -2.36. The number of hydrogen-bond acceptors (Lipinski definition) is 3. The van der Waals surface area contributed by atoms with Crippen molar-refractivity contribution in [3.05, 3.63) is 60.1 Å². The van der Waals surface area contributed by atoms with E-state index in [2.05, 4.69) is 4.42 Å². The molecular weight excluding hydrogens is 208 g/mol. The third-order valence-corrected chi connectivity index (χ3v) is 1.67. The molecule has 0 fully saturated rings. The summed E-state index contributed by atoms with van der Waals surface area (Å²) in [5.41, 5.74) is 0.729. The third kappa shape index (κ3) is 3.79. The van der Waals surface area contributed by atoms with Gasteiger partial charge in [-0.1, -0.05) is 30.3 Å². The van der Waals surface area contributed by atoms with Crippen molar-refractivity contribution in [2.45, 2.75) is 0 Å². The number of aromatic carboxylic acids is 1. The van der Waals surface area contributed by atoms with Gasteiger partial charge < -0.3 is 9.52 Å². The summed E-state index contributed by atoms with van der Waals surface area (Å²) >= 11 is 0. The van der Waals surface area contributed by atoms with E-state index < -0.39 is 5.97 Å². The van der Waals surface area contributed by atoms with Gasteiger partial charge in [0.05, 0.1) is 6.26 Å². The van der Waals surface area contributed by atoms with Gasteiger partial charge in [-0.15, -0.1) is 0 Å². The smallest absolute Gasteiger partial charge is 0.371 e. The van der Waals surface area contributed by atoms with E-state index >= 15 is 0 Å². The van der Waals surface area contributed by atoms with E-state index in [1.807, 2.05) is 18.2 Å². The summed E-state index contributed by atoms with van der Waals surface area (Å²) < 4.78 is 4.50. The average Bonchev–Trinajstić information content (AvgIpc) is 2.85. The normalized spacial score (nSPS) is 8.75. The first-order valence-corrected chi connectivity index (χ1v) is 4.51. The van der Waals surface area contributed by atoms with Gasteiger partial charge in [-0.05, 0) is 12.1 Å². The molecule has 0 aliphatic rings. The summed E-state index contributed by atoms with van der Waals surface area (Å²) in [4.78, 5) is 20.0. The highest BCUT2D eigenvalue weighted by molar-refractivity contribution is 5.84.